The van der Waals surface area contributed by atoms with Crippen LogP contribution in [-0.2, 0) is 9.84 Å². The molecule has 5 heteroatoms. The van der Waals surface area contributed by atoms with Crippen LogP contribution in [0.3, 0.4) is 0 Å². The molecule has 0 aliphatic carbocycles. The van der Waals surface area contributed by atoms with Crippen molar-refractivity contribution in [3.63, 3.8) is 0 Å². The molecule has 4 N–H and O–H groups in total. The number of fused-ring (bicyclic) bond motifs is 1. The number of benzene rings is 1. The Morgan fingerprint density at radius 1 is 1.36 bits per heavy atom. The molecule has 0 aromatic heterocycles. The van der Waals surface area contributed by atoms with Crippen LogP contribution in [-0.4, -0.2) is 14.2 Å². The van der Waals surface area contributed by atoms with E-state index >= 15 is 0 Å². The highest BCUT2D eigenvalue weighted by molar-refractivity contribution is 7.91. The molecule has 1 aromatic rings. The average Bonchev–Trinajstić information content (AvgIpc) is 2.12. The molecule has 0 amide bonds. The molecule has 4 nitrogen and oxygen atoms in total. The Morgan fingerprint density at radius 2 is 2.07 bits per heavy atom. The van der Waals surface area contributed by atoms with Crippen LogP contribution in [0.2, 0.25) is 0 Å². The highest BCUT2D eigenvalue weighted by Gasteiger charge is 2.29. The summed E-state index contributed by atoms with van der Waals surface area (Å²) in [6.45, 7) is 0. The van der Waals surface area contributed by atoms with Gasteiger partial charge in [-0.3, -0.25) is 0 Å². The van der Waals surface area contributed by atoms with Crippen molar-refractivity contribution in [2.75, 3.05) is 11.5 Å². The fourth-order valence-corrected chi connectivity index (χ4v) is 3.54. The zero-order valence-electron chi connectivity index (χ0n) is 7.60. The van der Waals surface area contributed by atoms with Crippen molar-refractivity contribution < 1.29 is 8.42 Å². The van der Waals surface area contributed by atoms with Crippen molar-refractivity contribution in [2.45, 2.75) is 17.4 Å². The fraction of sp³-hybridized carbons (Fsp3) is 0.333. The number of rotatable bonds is 0. The van der Waals surface area contributed by atoms with Gasteiger partial charge in [0.2, 0.25) is 0 Å². The number of hydrogen-bond acceptors (Lipinski definition) is 4. The van der Waals surface area contributed by atoms with Crippen molar-refractivity contribution in [1.82, 2.24) is 0 Å². The van der Waals surface area contributed by atoms with E-state index in [4.69, 9.17) is 11.5 Å². The third-order valence-corrected chi connectivity index (χ3v) is 4.35. The van der Waals surface area contributed by atoms with Gasteiger partial charge in [0, 0.05) is 6.04 Å². The van der Waals surface area contributed by atoms with Crippen molar-refractivity contribution in [1.29, 1.82) is 0 Å². The van der Waals surface area contributed by atoms with E-state index in [1.54, 1.807) is 18.2 Å². The Balaban J connectivity index is 2.77. The largest absolute Gasteiger partial charge is 0.398 e. The van der Waals surface area contributed by atoms with Crippen molar-refractivity contribution >= 4 is 15.5 Å². The summed E-state index contributed by atoms with van der Waals surface area (Å²) in [4.78, 5) is 0.235. The molecule has 1 aliphatic rings. The zero-order valence-corrected chi connectivity index (χ0v) is 8.42. The van der Waals surface area contributed by atoms with Gasteiger partial charge in [-0.15, -0.1) is 0 Å². The van der Waals surface area contributed by atoms with Gasteiger partial charge in [0.05, 0.1) is 16.3 Å². The van der Waals surface area contributed by atoms with E-state index in [0.717, 1.165) is 0 Å². The van der Waals surface area contributed by atoms with E-state index in [2.05, 4.69) is 0 Å². The number of anilines is 1. The van der Waals surface area contributed by atoms with Gasteiger partial charge in [-0.25, -0.2) is 8.42 Å². The summed E-state index contributed by atoms with van der Waals surface area (Å²) < 4.78 is 23.4. The quantitative estimate of drug-likeness (QED) is 0.611. The van der Waals surface area contributed by atoms with Crippen molar-refractivity contribution in [3.8, 4) is 0 Å². The minimum Gasteiger partial charge on any atom is -0.398 e. The Labute approximate surface area is 82.8 Å². The first kappa shape index (κ1) is 9.48. The minimum atomic E-state index is -3.21. The summed E-state index contributed by atoms with van der Waals surface area (Å²) in [7, 11) is -3.21. The fourth-order valence-electron chi connectivity index (χ4n) is 1.76. The highest BCUT2D eigenvalue weighted by atomic mass is 32.2. The molecule has 1 heterocycles. The first-order valence-electron chi connectivity index (χ1n) is 4.39. The summed E-state index contributed by atoms with van der Waals surface area (Å²) >= 11 is 0. The molecule has 0 unspecified atom stereocenters. The maximum atomic E-state index is 11.7. The van der Waals surface area contributed by atoms with Crippen LogP contribution in [0.1, 0.15) is 18.0 Å². The summed E-state index contributed by atoms with van der Waals surface area (Å²) in [5.41, 5.74) is 12.4. The molecule has 0 bridgehead atoms. The number of nitrogen functional groups attached to an aromatic ring is 1. The second kappa shape index (κ2) is 2.96. The molecule has 0 radical (unpaired) electrons. The third-order valence-electron chi connectivity index (χ3n) is 2.48. The van der Waals surface area contributed by atoms with E-state index in [-0.39, 0.29) is 16.7 Å². The second-order valence-electron chi connectivity index (χ2n) is 3.48. The Hall–Kier alpha value is -1.07. The molecule has 76 valence electrons. The highest BCUT2D eigenvalue weighted by Crippen LogP contribution is 2.34. The lowest BCUT2D eigenvalue weighted by Gasteiger charge is -2.23. The smallest absolute Gasteiger partial charge is 0.180 e. The molecular formula is C9H12N2O2S. The van der Waals surface area contributed by atoms with Crippen LogP contribution in [0, 0.1) is 0 Å². The topological polar surface area (TPSA) is 86.2 Å². The standard InChI is InChI=1S/C9H12N2O2S/c10-7-4-5-14(12,13)9-6(7)2-1-3-8(9)11/h1-3,7H,4-5,10-11H2/t7-/m1/s1. The van der Waals surface area contributed by atoms with Gasteiger partial charge in [0.25, 0.3) is 0 Å². The molecule has 0 fully saturated rings. The van der Waals surface area contributed by atoms with E-state index in [0.29, 0.717) is 17.7 Å². The molecule has 1 aliphatic heterocycles. The molecule has 0 spiro atoms. The van der Waals surface area contributed by atoms with Gasteiger partial charge in [-0.2, -0.15) is 0 Å². The van der Waals surface area contributed by atoms with Crippen LogP contribution in [0.15, 0.2) is 23.1 Å². The van der Waals surface area contributed by atoms with Crippen LogP contribution in [0.5, 0.6) is 0 Å². The lowest BCUT2D eigenvalue weighted by molar-refractivity contribution is 0.569. The van der Waals surface area contributed by atoms with E-state index in [9.17, 15) is 8.42 Å². The third kappa shape index (κ3) is 1.29. The number of nitrogens with two attached hydrogens (primary N) is 2. The second-order valence-corrected chi connectivity index (χ2v) is 5.53. The number of hydrogen-bond donors (Lipinski definition) is 2. The van der Waals surface area contributed by atoms with E-state index < -0.39 is 9.84 Å². The lowest BCUT2D eigenvalue weighted by Crippen LogP contribution is -2.25. The summed E-state index contributed by atoms with van der Waals surface area (Å²) in [6.07, 6.45) is 0.471. The number of sulfone groups is 1. The van der Waals surface area contributed by atoms with Crippen LogP contribution < -0.4 is 11.5 Å². The van der Waals surface area contributed by atoms with Crippen LogP contribution in [0.4, 0.5) is 5.69 Å². The van der Waals surface area contributed by atoms with Crippen LogP contribution >= 0.6 is 0 Å². The maximum absolute atomic E-state index is 11.7. The molecule has 0 saturated carbocycles. The first-order valence-corrected chi connectivity index (χ1v) is 6.04. The van der Waals surface area contributed by atoms with Gasteiger partial charge in [0.15, 0.2) is 9.84 Å². The zero-order chi connectivity index (χ0) is 10.3. The minimum absolute atomic E-state index is 0.0926. The van der Waals surface area contributed by atoms with Gasteiger partial charge < -0.3 is 11.5 Å². The molecule has 1 atom stereocenters. The van der Waals surface area contributed by atoms with E-state index in [1.165, 1.54) is 0 Å². The predicted molar refractivity (Wildman–Crippen MR) is 54.5 cm³/mol. The molecular weight excluding hydrogens is 200 g/mol. The molecule has 0 saturated heterocycles. The summed E-state index contributed by atoms with van der Waals surface area (Å²) in [5.74, 6) is 0.0926. The summed E-state index contributed by atoms with van der Waals surface area (Å²) in [5, 5.41) is 0. The molecule has 14 heavy (non-hydrogen) atoms. The monoisotopic (exact) mass is 212 g/mol. The Bertz CT molecular complexity index is 468. The summed E-state index contributed by atoms with van der Waals surface area (Å²) in [6, 6.07) is 4.84. The van der Waals surface area contributed by atoms with Crippen LogP contribution in [0.25, 0.3) is 0 Å². The van der Waals surface area contributed by atoms with Crippen molar-refractivity contribution in [2.24, 2.45) is 5.73 Å². The van der Waals surface area contributed by atoms with Crippen molar-refractivity contribution in [3.05, 3.63) is 23.8 Å². The average molecular weight is 212 g/mol. The normalized spacial score (nSPS) is 24.2. The maximum Gasteiger partial charge on any atom is 0.180 e. The van der Waals surface area contributed by atoms with Gasteiger partial charge >= 0.3 is 0 Å². The van der Waals surface area contributed by atoms with E-state index in [1.807, 2.05) is 0 Å². The Morgan fingerprint density at radius 3 is 2.71 bits per heavy atom. The molecule has 1 aromatic carbocycles. The van der Waals surface area contributed by atoms with Gasteiger partial charge in [0.1, 0.15) is 0 Å². The first-order chi connectivity index (χ1) is 6.52. The predicted octanol–water partition coefficient (Wildman–Crippen LogP) is 0.446. The Kier molecular flexibility index (Phi) is 2.01. The van der Waals surface area contributed by atoms with Gasteiger partial charge in [-0.1, -0.05) is 12.1 Å². The molecule has 2 rings (SSSR count). The SMILES string of the molecule is Nc1cccc2c1S(=O)(=O)CC[C@H]2N. The lowest BCUT2D eigenvalue weighted by atomic mass is 10.0. The van der Waals surface area contributed by atoms with Gasteiger partial charge in [-0.05, 0) is 18.1 Å².